The highest BCUT2D eigenvalue weighted by Crippen LogP contribution is 2.28. The number of carbonyl (C=O) groups is 1. The van der Waals surface area contributed by atoms with Crippen LogP contribution < -0.4 is 5.32 Å². The summed E-state index contributed by atoms with van der Waals surface area (Å²) in [6, 6.07) is 0. The van der Waals surface area contributed by atoms with E-state index in [2.05, 4.69) is 5.32 Å². The zero-order valence-electron chi connectivity index (χ0n) is 8.73. The lowest BCUT2D eigenvalue weighted by atomic mass is 10.0. The van der Waals surface area contributed by atoms with Crippen LogP contribution in [0.4, 0.5) is 0 Å². The number of hydrogen-bond acceptors (Lipinski definition) is 1. The first-order chi connectivity index (χ1) is 6.83. The van der Waals surface area contributed by atoms with Gasteiger partial charge in [0.25, 0.3) is 0 Å². The van der Waals surface area contributed by atoms with Gasteiger partial charge in [-0.2, -0.15) is 0 Å². The van der Waals surface area contributed by atoms with Crippen LogP contribution in [0.25, 0.3) is 0 Å². The van der Waals surface area contributed by atoms with Gasteiger partial charge in [-0.1, -0.05) is 25.7 Å². The van der Waals surface area contributed by atoms with Crippen LogP contribution in [0.15, 0.2) is 0 Å². The molecule has 0 aromatic carbocycles. The fourth-order valence-corrected chi connectivity index (χ4v) is 2.26. The number of carbonyl (C=O) groups excluding carboxylic acids is 1. The smallest absolute Gasteiger partial charge is 0.221 e. The average Bonchev–Trinajstić information content (AvgIpc) is 2.65. The van der Waals surface area contributed by atoms with Crippen molar-refractivity contribution in [1.82, 2.24) is 5.32 Å². The predicted molar refractivity (Wildman–Crippen MR) is 59.5 cm³/mol. The van der Waals surface area contributed by atoms with E-state index in [0.29, 0.717) is 12.3 Å². The topological polar surface area (TPSA) is 29.1 Å². The van der Waals surface area contributed by atoms with E-state index in [1.807, 2.05) is 0 Å². The highest BCUT2D eigenvalue weighted by molar-refractivity contribution is 6.18. The van der Waals surface area contributed by atoms with Crippen LogP contribution in [-0.4, -0.2) is 18.3 Å². The summed E-state index contributed by atoms with van der Waals surface area (Å²) in [5.74, 6) is 1.44. The highest BCUT2D eigenvalue weighted by Gasteiger charge is 2.13. The number of halogens is 1. The lowest BCUT2D eigenvalue weighted by Gasteiger charge is -2.08. The summed E-state index contributed by atoms with van der Waals surface area (Å²) in [6.45, 7) is 0.826. The maximum atomic E-state index is 11.0. The van der Waals surface area contributed by atoms with E-state index in [-0.39, 0.29) is 5.91 Å². The fourth-order valence-electron chi connectivity index (χ4n) is 2.09. The standard InChI is InChI=1S/C11H20ClNO/c12-8-7-11(14)13-9-3-6-10-4-1-2-5-10/h10H,1-9H2,(H,13,14). The molecule has 0 bridgehead atoms. The molecular formula is C11H20ClNO. The molecule has 1 fully saturated rings. The fraction of sp³-hybridized carbons (Fsp3) is 0.909. The van der Waals surface area contributed by atoms with Crippen molar-refractivity contribution in [3.63, 3.8) is 0 Å². The molecule has 1 N–H and O–H groups in total. The quantitative estimate of drug-likeness (QED) is 0.538. The minimum absolute atomic E-state index is 0.0893. The Morgan fingerprint density at radius 3 is 2.71 bits per heavy atom. The van der Waals surface area contributed by atoms with Gasteiger partial charge in [0.05, 0.1) is 0 Å². The lowest BCUT2D eigenvalue weighted by molar-refractivity contribution is -0.120. The van der Waals surface area contributed by atoms with Crippen molar-refractivity contribution >= 4 is 17.5 Å². The van der Waals surface area contributed by atoms with E-state index >= 15 is 0 Å². The van der Waals surface area contributed by atoms with Crippen LogP contribution in [0.1, 0.15) is 44.9 Å². The molecule has 0 saturated heterocycles. The Kier molecular flexibility index (Phi) is 6.00. The largest absolute Gasteiger partial charge is 0.356 e. The first-order valence-electron chi connectivity index (χ1n) is 5.65. The van der Waals surface area contributed by atoms with Gasteiger partial charge in [0.2, 0.25) is 5.91 Å². The van der Waals surface area contributed by atoms with Crippen molar-refractivity contribution in [3.8, 4) is 0 Å². The van der Waals surface area contributed by atoms with Crippen LogP contribution in [0.3, 0.4) is 0 Å². The Labute approximate surface area is 91.4 Å². The van der Waals surface area contributed by atoms with E-state index in [1.54, 1.807) is 0 Å². The van der Waals surface area contributed by atoms with Crippen molar-refractivity contribution in [1.29, 1.82) is 0 Å². The second-order valence-corrected chi connectivity index (χ2v) is 4.46. The Morgan fingerprint density at radius 1 is 1.36 bits per heavy atom. The van der Waals surface area contributed by atoms with Crippen LogP contribution in [0.2, 0.25) is 0 Å². The molecule has 1 rings (SSSR count). The van der Waals surface area contributed by atoms with Crippen molar-refractivity contribution < 1.29 is 4.79 Å². The Morgan fingerprint density at radius 2 is 2.07 bits per heavy atom. The van der Waals surface area contributed by atoms with Gasteiger partial charge < -0.3 is 5.32 Å². The SMILES string of the molecule is O=C(CCCl)NCCCC1CCCC1. The molecule has 3 heteroatoms. The molecule has 0 aromatic heterocycles. The summed E-state index contributed by atoms with van der Waals surface area (Å²) in [7, 11) is 0. The molecule has 0 aromatic rings. The molecule has 1 saturated carbocycles. The van der Waals surface area contributed by atoms with E-state index in [1.165, 1.54) is 32.1 Å². The third kappa shape index (κ3) is 4.85. The lowest BCUT2D eigenvalue weighted by Crippen LogP contribution is -2.24. The molecule has 0 heterocycles. The van der Waals surface area contributed by atoms with Crippen molar-refractivity contribution in [2.45, 2.75) is 44.9 Å². The summed E-state index contributed by atoms with van der Waals surface area (Å²) < 4.78 is 0. The third-order valence-corrected chi connectivity index (χ3v) is 3.10. The molecule has 0 unspecified atom stereocenters. The maximum Gasteiger partial charge on any atom is 0.221 e. The molecule has 1 aliphatic rings. The van der Waals surface area contributed by atoms with Gasteiger partial charge in [0.15, 0.2) is 0 Å². The van der Waals surface area contributed by atoms with Gasteiger partial charge in [-0.15, -0.1) is 11.6 Å². The summed E-state index contributed by atoms with van der Waals surface area (Å²) in [4.78, 5) is 11.0. The van der Waals surface area contributed by atoms with Crippen LogP contribution in [0.5, 0.6) is 0 Å². The van der Waals surface area contributed by atoms with E-state index in [4.69, 9.17) is 11.6 Å². The monoisotopic (exact) mass is 217 g/mol. The highest BCUT2D eigenvalue weighted by atomic mass is 35.5. The first kappa shape index (κ1) is 11.8. The molecule has 0 radical (unpaired) electrons. The molecule has 0 spiro atoms. The van der Waals surface area contributed by atoms with E-state index in [9.17, 15) is 4.79 Å². The Hall–Kier alpha value is -0.240. The summed E-state index contributed by atoms with van der Waals surface area (Å²) >= 11 is 5.45. The molecular weight excluding hydrogens is 198 g/mol. The van der Waals surface area contributed by atoms with Gasteiger partial charge in [-0.3, -0.25) is 4.79 Å². The Bertz CT molecular complexity index is 167. The predicted octanol–water partition coefficient (Wildman–Crippen LogP) is 2.70. The second kappa shape index (κ2) is 7.10. The van der Waals surface area contributed by atoms with E-state index in [0.717, 1.165) is 18.9 Å². The zero-order chi connectivity index (χ0) is 10.2. The van der Waals surface area contributed by atoms with Crippen molar-refractivity contribution in [3.05, 3.63) is 0 Å². The zero-order valence-corrected chi connectivity index (χ0v) is 9.48. The molecule has 0 atom stereocenters. The molecule has 2 nitrogen and oxygen atoms in total. The van der Waals surface area contributed by atoms with Gasteiger partial charge in [0, 0.05) is 18.8 Å². The summed E-state index contributed by atoms with van der Waals surface area (Å²) in [6.07, 6.45) is 8.46. The maximum absolute atomic E-state index is 11.0. The van der Waals surface area contributed by atoms with E-state index < -0.39 is 0 Å². The van der Waals surface area contributed by atoms with Gasteiger partial charge in [0.1, 0.15) is 0 Å². The van der Waals surface area contributed by atoms with Crippen LogP contribution >= 0.6 is 11.6 Å². The summed E-state index contributed by atoms with van der Waals surface area (Å²) in [5.41, 5.74) is 0. The minimum Gasteiger partial charge on any atom is -0.356 e. The van der Waals surface area contributed by atoms with Gasteiger partial charge in [-0.05, 0) is 18.8 Å². The third-order valence-electron chi connectivity index (χ3n) is 2.91. The van der Waals surface area contributed by atoms with Gasteiger partial charge in [-0.25, -0.2) is 0 Å². The molecule has 14 heavy (non-hydrogen) atoms. The normalized spacial score (nSPS) is 17.2. The minimum atomic E-state index is 0.0893. The number of alkyl halides is 1. The second-order valence-electron chi connectivity index (χ2n) is 4.08. The number of nitrogens with one attached hydrogen (secondary N) is 1. The van der Waals surface area contributed by atoms with Crippen LogP contribution in [0, 0.1) is 5.92 Å². The van der Waals surface area contributed by atoms with Crippen molar-refractivity contribution in [2.75, 3.05) is 12.4 Å². The number of amides is 1. The van der Waals surface area contributed by atoms with Crippen LogP contribution in [-0.2, 0) is 4.79 Å². The molecule has 0 aliphatic heterocycles. The molecule has 1 amide bonds. The molecule has 82 valence electrons. The number of hydrogen-bond donors (Lipinski definition) is 1. The first-order valence-corrected chi connectivity index (χ1v) is 6.19. The van der Waals surface area contributed by atoms with Gasteiger partial charge >= 0.3 is 0 Å². The Balaban J connectivity index is 1.90. The van der Waals surface area contributed by atoms with Crippen molar-refractivity contribution in [2.24, 2.45) is 5.92 Å². The number of rotatable bonds is 6. The molecule has 1 aliphatic carbocycles. The average molecular weight is 218 g/mol. The summed E-state index contributed by atoms with van der Waals surface area (Å²) in [5, 5.41) is 2.88.